The van der Waals surface area contributed by atoms with E-state index < -0.39 is 0 Å². The zero-order valence-corrected chi connectivity index (χ0v) is 19.1. The predicted molar refractivity (Wildman–Crippen MR) is 133 cm³/mol. The summed E-state index contributed by atoms with van der Waals surface area (Å²) in [5.41, 5.74) is 5.29. The third-order valence-electron chi connectivity index (χ3n) is 5.41. The molecule has 168 valence electrons. The Morgan fingerprint density at radius 2 is 1.79 bits per heavy atom. The van der Waals surface area contributed by atoms with Crippen LogP contribution in [-0.2, 0) is 17.9 Å². The molecule has 33 heavy (non-hydrogen) atoms. The van der Waals surface area contributed by atoms with Crippen LogP contribution in [0.25, 0.3) is 17.1 Å². The van der Waals surface area contributed by atoms with E-state index in [4.69, 9.17) is 9.72 Å². The number of ether oxygens (including phenoxy) is 1. The number of fused-ring (bicyclic) bond motifs is 1. The molecule has 1 amide bonds. The number of carbonyl (C=O) groups is 1. The number of amides is 1. The second-order valence-corrected chi connectivity index (χ2v) is 8.03. The van der Waals surface area contributed by atoms with E-state index in [0.717, 1.165) is 34.6 Å². The van der Waals surface area contributed by atoms with Gasteiger partial charge in [0.1, 0.15) is 11.6 Å². The Labute approximate surface area is 194 Å². The highest BCUT2D eigenvalue weighted by molar-refractivity contribution is 5.92. The zero-order chi connectivity index (χ0) is 23.0. The summed E-state index contributed by atoms with van der Waals surface area (Å²) in [7, 11) is 0. The SMILES string of the molecule is CCCOc1ccccc1/C=C/C(=O)NCc1nc2ccccc2n1Cc1ccc(C)cc1. The van der Waals surface area contributed by atoms with Gasteiger partial charge in [0, 0.05) is 18.2 Å². The van der Waals surface area contributed by atoms with Crippen LogP contribution in [0.3, 0.4) is 0 Å². The molecule has 0 aliphatic carbocycles. The van der Waals surface area contributed by atoms with E-state index in [0.29, 0.717) is 19.7 Å². The van der Waals surface area contributed by atoms with Crippen molar-refractivity contribution in [1.29, 1.82) is 0 Å². The molecule has 0 bridgehead atoms. The molecule has 1 heterocycles. The van der Waals surface area contributed by atoms with Crippen molar-refractivity contribution >= 4 is 23.0 Å². The van der Waals surface area contributed by atoms with Crippen molar-refractivity contribution in [2.45, 2.75) is 33.4 Å². The summed E-state index contributed by atoms with van der Waals surface area (Å²) in [5, 5.41) is 2.98. The van der Waals surface area contributed by atoms with Crippen LogP contribution >= 0.6 is 0 Å². The fraction of sp³-hybridized carbons (Fsp3) is 0.214. The summed E-state index contributed by atoms with van der Waals surface area (Å²) in [6.45, 7) is 5.84. The van der Waals surface area contributed by atoms with Crippen LogP contribution in [0, 0.1) is 6.92 Å². The fourth-order valence-electron chi connectivity index (χ4n) is 3.67. The lowest BCUT2D eigenvalue weighted by molar-refractivity contribution is -0.116. The minimum atomic E-state index is -0.172. The third-order valence-corrected chi connectivity index (χ3v) is 5.41. The van der Waals surface area contributed by atoms with Crippen LogP contribution in [0.1, 0.15) is 35.9 Å². The molecule has 0 saturated carbocycles. The molecule has 3 aromatic carbocycles. The number of nitrogens with zero attached hydrogens (tertiary/aromatic N) is 2. The van der Waals surface area contributed by atoms with Crippen LogP contribution in [0.15, 0.2) is 78.9 Å². The Morgan fingerprint density at radius 1 is 1.03 bits per heavy atom. The lowest BCUT2D eigenvalue weighted by Gasteiger charge is -2.10. The average Bonchev–Trinajstić information content (AvgIpc) is 3.19. The van der Waals surface area contributed by atoms with Gasteiger partial charge in [-0.1, -0.05) is 67.1 Å². The number of carbonyl (C=O) groups excluding carboxylic acids is 1. The molecule has 0 atom stereocenters. The van der Waals surface area contributed by atoms with Gasteiger partial charge in [0.15, 0.2) is 0 Å². The Kier molecular flexibility index (Phi) is 7.20. The van der Waals surface area contributed by atoms with Crippen molar-refractivity contribution in [3.05, 3.63) is 101 Å². The summed E-state index contributed by atoms with van der Waals surface area (Å²) < 4.78 is 7.93. The van der Waals surface area contributed by atoms with E-state index in [1.165, 1.54) is 11.1 Å². The van der Waals surface area contributed by atoms with Gasteiger partial charge in [0.2, 0.25) is 5.91 Å². The van der Waals surface area contributed by atoms with Gasteiger partial charge in [-0.15, -0.1) is 0 Å². The van der Waals surface area contributed by atoms with Crippen molar-refractivity contribution in [1.82, 2.24) is 14.9 Å². The van der Waals surface area contributed by atoms with E-state index in [1.807, 2.05) is 42.5 Å². The molecule has 1 N–H and O–H groups in total. The number of hydrogen-bond acceptors (Lipinski definition) is 3. The van der Waals surface area contributed by atoms with Gasteiger partial charge < -0.3 is 14.6 Å². The fourth-order valence-corrected chi connectivity index (χ4v) is 3.67. The number of aromatic nitrogens is 2. The highest BCUT2D eigenvalue weighted by Crippen LogP contribution is 2.20. The topological polar surface area (TPSA) is 56.1 Å². The van der Waals surface area contributed by atoms with E-state index >= 15 is 0 Å². The zero-order valence-electron chi connectivity index (χ0n) is 19.1. The van der Waals surface area contributed by atoms with E-state index in [-0.39, 0.29) is 5.91 Å². The van der Waals surface area contributed by atoms with Crippen LogP contribution in [0.4, 0.5) is 0 Å². The first-order valence-corrected chi connectivity index (χ1v) is 11.3. The molecule has 0 radical (unpaired) electrons. The number of rotatable bonds is 9. The predicted octanol–water partition coefficient (Wildman–Crippen LogP) is 5.51. The molecule has 4 aromatic rings. The first kappa shape index (κ1) is 22.3. The van der Waals surface area contributed by atoms with Crippen molar-refractivity contribution in [3.63, 3.8) is 0 Å². The Bertz CT molecular complexity index is 1260. The summed E-state index contributed by atoms with van der Waals surface area (Å²) in [6, 6.07) is 24.3. The molecule has 0 saturated heterocycles. The molecule has 0 aliphatic rings. The maximum Gasteiger partial charge on any atom is 0.244 e. The molecule has 0 spiro atoms. The second-order valence-electron chi connectivity index (χ2n) is 8.03. The Balaban J connectivity index is 1.48. The smallest absolute Gasteiger partial charge is 0.244 e. The standard InChI is InChI=1S/C28H29N3O2/c1-3-18-33-26-11-7-4-8-23(26)16-17-28(32)29-19-27-30-24-9-5-6-10-25(24)31(27)20-22-14-12-21(2)13-15-22/h4-17H,3,18-20H2,1-2H3,(H,29,32)/b17-16+. The number of benzene rings is 3. The number of aryl methyl sites for hydroxylation is 1. The van der Waals surface area contributed by atoms with E-state index in [2.05, 4.69) is 54.1 Å². The van der Waals surface area contributed by atoms with Crippen LogP contribution in [0.5, 0.6) is 5.75 Å². The first-order valence-electron chi connectivity index (χ1n) is 11.3. The highest BCUT2D eigenvalue weighted by Gasteiger charge is 2.11. The minimum Gasteiger partial charge on any atom is -0.493 e. The molecule has 0 fully saturated rings. The molecule has 5 nitrogen and oxygen atoms in total. The molecule has 0 unspecified atom stereocenters. The quantitative estimate of drug-likeness (QED) is 0.350. The first-order chi connectivity index (χ1) is 16.1. The Morgan fingerprint density at radius 3 is 2.61 bits per heavy atom. The molecule has 0 aliphatic heterocycles. The molecule has 5 heteroatoms. The van der Waals surface area contributed by atoms with Gasteiger partial charge in [0.25, 0.3) is 0 Å². The third kappa shape index (κ3) is 5.69. The summed E-state index contributed by atoms with van der Waals surface area (Å²) in [5.74, 6) is 1.43. The number of para-hydroxylation sites is 3. The summed E-state index contributed by atoms with van der Waals surface area (Å²) >= 11 is 0. The maximum absolute atomic E-state index is 12.6. The number of imidazole rings is 1. The van der Waals surface area contributed by atoms with Crippen LogP contribution < -0.4 is 10.1 Å². The summed E-state index contributed by atoms with van der Waals surface area (Å²) in [6.07, 6.45) is 4.26. The highest BCUT2D eigenvalue weighted by atomic mass is 16.5. The van der Waals surface area contributed by atoms with Gasteiger partial charge in [-0.3, -0.25) is 4.79 Å². The van der Waals surface area contributed by atoms with Crippen molar-refractivity contribution in [2.75, 3.05) is 6.61 Å². The molecular weight excluding hydrogens is 410 g/mol. The van der Waals surface area contributed by atoms with Crippen molar-refractivity contribution < 1.29 is 9.53 Å². The van der Waals surface area contributed by atoms with Gasteiger partial charge >= 0.3 is 0 Å². The van der Waals surface area contributed by atoms with E-state index in [1.54, 1.807) is 12.2 Å². The largest absolute Gasteiger partial charge is 0.493 e. The molecular formula is C28H29N3O2. The van der Waals surface area contributed by atoms with Crippen molar-refractivity contribution in [3.8, 4) is 5.75 Å². The normalized spacial score (nSPS) is 11.2. The lowest BCUT2D eigenvalue weighted by Crippen LogP contribution is -2.23. The van der Waals surface area contributed by atoms with E-state index in [9.17, 15) is 4.79 Å². The van der Waals surface area contributed by atoms with Crippen LogP contribution in [-0.4, -0.2) is 22.1 Å². The Hall–Kier alpha value is -3.86. The minimum absolute atomic E-state index is 0.172. The molecule has 1 aromatic heterocycles. The second kappa shape index (κ2) is 10.6. The number of nitrogens with one attached hydrogen (secondary N) is 1. The monoisotopic (exact) mass is 439 g/mol. The number of hydrogen-bond donors (Lipinski definition) is 1. The molecule has 4 rings (SSSR count). The average molecular weight is 440 g/mol. The van der Waals surface area contributed by atoms with Gasteiger partial charge in [0.05, 0.1) is 24.2 Å². The summed E-state index contributed by atoms with van der Waals surface area (Å²) in [4.78, 5) is 17.3. The van der Waals surface area contributed by atoms with Crippen molar-refractivity contribution in [2.24, 2.45) is 0 Å². The maximum atomic E-state index is 12.6. The van der Waals surface area contributed by atoms with Gasteiger partial charge in [-0.2, -0.15) is 0 Å². The van der Waals surface area contributed by atoms with Gasteiger partial charge in [-0.05, 0) is 43.2 Å². The van der Waals surface area contributed by atoms with Crippen LogP contribution in [0.2, 0.25) is 0 Å². The van der Waals surface area contributed by atoms with Gasteiger partial charge in [-0.25, -0.2) is 4.98 Å². The lowest BCUT2D eigenvalue weighted by atomic mass is 10.1.